The first-order chi connectivity index (χ1) is 23.5. The molecule has 0 aromatic heterocycles. The normalized spacial score (nSPS) is 13.5. The molecule has 0 unspecified atom stereocenters. The number of hydrogen-bond donors (Lipinski definition) is 0. The topological polar surface area (TPSA) is 9.23 Å². The summed E-state index contributed by atoms with van der Waals surface area (Å²) in [7, 11) is 0. The van der Waals surface area contributed by atoms with E-state index in [-0.39, 0.29) is 5.41 Å². The fraction of sp³-hybridized carbons (Fsp3) is 0.0638. The third-order valence-electron chi connectivity index (χ3n) is 10.7. The van der Waals surface area contributed by atoms with E-state index >= 15 is 0 Å². The monoisotopic (exact) mass is 612 g/mol. The molecular weight excluding hydrogens is 581 g/mol. The van der Waals surface area contributed by atoms with Crippen LogP contribution in [0, 0.1) is 0 Å². The second kappa shape index (κ2) is 10.0. The molecule has 2 aliphatic rings. The van der Waals surface area contributed by atoms with E-state index in [9.17, 15) is 0 Å². The molecule has 0 N–H and O–H groups in total. The van der Waals surface area contributed by atoms with E-state index in [1.54, 1.807) is 0 Å². The zero-order valence-electron chi connectivity index (χ0n) is 26.9. The molecule has 0 fully saturated rings. The number of ether oxygens (including phenoxy) is 1. The van der Waals surface area contributed by atoms with Crippen molar-refractivity contribution in [3.8, 4) is 67.1 Å². The maximum Gasteiger partial charge on any atom is 0.143 e. The van der Waals surface area contributed by atoms with Crippen LogP contribution in [-0.4, -0.2) is 0 Å². The lowest BCUT2D eigenvalue weighted by atomic mass is 9.81. The Hall–Kier alpha value is -5.92. The summed E-state index contributed by atoms with van der Waals surface area (Å²) in [5.74, 6) is 1.83. The number of benzene rings is 8. The maximum atomic E-state index is 6.77. The van der Waals surface area contributed by atoms with Gasteiger partial charge in [0.1, 0.15) is 11.5 Å². The van der Waals surface area contributed by atoms with Crippen LogP contribution in [0.5, 0.6) is 11.5 Å². The Kier molecular flexibility index (Phi) is 5.69. The van der Waals surface area contributed by atoms with Gasteiger partial charge in [-0.05, 0) is 108 Å². The minimum atomic E-state index is -0.0639. The second-order valence-corrected chi connectivity index (χ2v) is 13.7. The standard InChI is InChI=1S/C47H32O/c1-47(2)42-28-36(20-23-38(42)40-25-33-11-6-7-12-34(33)27-43(40)47)30-15-17-31(18-16-30)37-22-19-32-13-8-14-39-41-26-35(29-9-4-3-5-10-29)21-24-44(41)48-46(37)45(32)39/h3-28H,1-2H3. The maximum absolute atomic E-state index is 6.77. The van der Waals surface area contributed by atoms with Crippen LogP contribution >= 0.6 is 0 Å². The molecule has 48 heavy (non-hydrogen) atoms. The Morgan fingerprint density at radius 2 is 1.00 bits per heavy atom. The zero-order valence-corrected chi connectivity index (χ0v) is 26.9. The number of rotatable bonds is 3. The molecule has 1 aliphatic carbocycles. The lowest BCUT2D eigenvalue weighted by Gasteiger charge is -2.24. The average molecular weight is 613 g/mol. The van der Waals surface area contributed by atoms with E-state index < -0.39 is 0 Å². The van der Waals surface area contributed by atoms with E-state index in [4.69, 9.17) is 4.74 Å². The van der Waals surface area contributed by atoms with E-state index in [1.165, 1.54) is 71.6 Å². The lowest BCUT2D eigenvalue weighted by molar-refractivity contribution is 0.489. The van der Waals surface area contributed by atoms with Gasteiger partial charge in [-0.25, -0.2) is 0 Å². The second-order valence-electron chi connectivity index (χ2n) is 13.7. The largest absolute Gasteiger partial charge is 0.455 e. The van der Waals surface area contributed by atoms with Crippen LogP contribution in [0.3, 0.4) is 0 Å². The highest BCUT2D eigenvalue weighted by Crippen LogP contribution is 2.52. The Bertz CT molecular complexity index is 2590. The number of fused-ring (bicyclic) bond motifs is 6. The van der Waals surface area contributed by atoms with Gasteiger partial charge in [0.05, 0.1) is 0 Å². The molecular formula is C47H32O. The molecule has 0 bridgehead atoms. The molecule has 0 saturated carbocycles. The van der Waals surface area contributed by atoms with Gasteiger partial charge in [-0.2, -0.15) is 0 Å². The van der Waals surface area contributed by atoms with Crippen LogP contribution in [0.15, 0.2) is 158 Å². The fourth-order valence-electron chi connectivity index (χ4n) is 8.10. The Labute approximate surface area is 280 Å². The van der Waals surface area contributed by atoms with Crippen molar-refractivity contribution >= 4 is 21.5 Å². The highest BCUT2D eigenvalue weighted by atomic mass is 16.5. The van der Waals surface area contributed by atoms with Crippen molar-refractivity contribution < 1.29 is 4.74 Å². The summed E-state index contributed by atoms with van der Waals surface area (Å²) in [4.78, 5) is 0. The van der Waals surface area contributed by atoms with E-state index in [1.807, 2.05) is 0 Å². The average Bonchev–Trinajstić information content (AvgIpc) is 3.36. The van der Waals surface area contributed by atoms with Crippen molar-refractivity contribution in [1.29, 1.82) is 0 Å². The van der Waals surface area contributed by atoms with Gasteiger partial charge in [-0.15, -0.1) is 0 Å². The summed E-state index contributed by atoms with van der Waals surface area (Å²) in [6, 6.07) is 57.6. The van der Waals surface area contributed by atoms with Gasteiger partial charge >= 0.3 is 0 Å². The summed E-state index contributed by atoms with van der Waals surface area (Å²) >= 11 is 0. The van der Waals surface area contributed by atoms with Gasteiger partial charge in [0.25, 0.3) is 0 Å². The number of hydrogen-bond acceptors (Lipinski definition) is 1. The zero-order chi connectivity index (χ0) is 32.0. The highest BCUT2D eigenvalue weighted by Gasteiger charge is 2.36. The highest BCUT2D eigenvalue weighted by molar-refractivity contribution is 6.08. The van der Waals surface area contributed by atoms with Gasteiger partial charge in [0.2, 0.25) is 0 Å². The van der Waals surface area contributed by atoms with E-state index in [2.05, 4.69) is 172 Å². The van der Waals surface area contributed by atoms with Crippen LogP contribution in [0.25, 0.3) is 77.2 Å². The van der Waals surface area contributed by atoms with Crippen LogP contribution in [0.1, 0.15) is 25.0 Å². The van der Waals surface area contributed by atoms with Crippen molar-refractivity contribution in [2.24, 2.45) is 0 Å². The summed E-state index contributed by atoms with van der Waals surface area (Å²) in [6.07, 6.45) is 0. The first-order valence-electron chi connectivity index (χ1n) is 16.8. The molecule has 8 aromatic rings. The molecule has 0 atom stereocenters. The summed E-state index contributed by atoms with van der Waals surface area (Å²) in [5.41, 5.74) is 14.9. The van der Waals surface area contributed by atoms with Crippen molar-refractivity contribution in [1.82, 2.24) is 0 Å². The van der Waals surface area contributed by atoms with Crippen molar-refractivity contribution in [2.75, 3.05) is 0 Å². The van der Waals surface area contributed by atoms with Crippen molar-refractivity contribution in [3.63, 3.8) is 0 Å². The van der Waals surface area contributed by atoms with Gasteiger partial charge in [0.15, 0.2) is 0 Å². The predicted octanol–water partition coefficient (Wildman–Crippen LogP) is 13.1. The van der Waals surface area contributed by atoms with Crippen LogP contribution in [0.4, 0.5) is 0 Å². The van der Waals surface area contributed by atoms with Gasteiger partial charge in [-0.1, -0.05) is 135 Å². The van der Waals surface area contributed by atoms with Crippen molar-refractivity contribution in [3.05, 3.63) is 169 Å². The third-order valence-corrected chi connectivity index (χ3v) is 10.7. The minimum absolute atomic E-state index is 0.0639. The first kappa shape index (κ1) is 27.2. The molecule has 0 spiro atoms. The molecule has 10 rings (SSSR count). The quantitative estimate of drug-likeness (QED) is 0.193. The molecule has 226 valence electrons. The Morgan fingerprint density at radius 3 is 1.83 bits per heavy atom. The third kappa shape index (κ3) is 3.98. The van der Waals surface area contributed by atoms with Gasteiger partial charge in [-0.3, -0.25) is 0 Å². The van der Waals surface area contributed by atoms with Crippen LogP contribution in [-0.2, 0) is 5.41 Å². The van der Waals surface area contributed by atoms with E-state index in [0.29, 0.717) is 0 Å². The SMILES string of the molecule is CC1(C)c2cc(-c3ccc(-c4ccc5cccc6c5c4Oc4ccc(-c5ccccc5)cc4-6)cc3)ccc2-c2cc3ccccc3cc21. The minimum Gasteiger partial charge on any atom is -0.455 e. The molecule has 1 aliphatic heterocycles. The van der Waals surface area contributed by atoms with Crippen LogP contribution < -0.4 is 4.74 Å². The van der Waals surface area contributed by atoms with Crippen molar-refractivity contribution in [2.45, 2.75) is 19.3 Å². The first-order valence-corrected chi connectivity index (χ1v) is 16.8. The molecule has 1 heteroatoms. The summed E-state index contributed by atoms with van der Waals surface area (Å²) < 4.78 is 6.77. The molecule has 0 saturated heterocycles. The Balaban J connectivity index is 1.03. The predicted molar refractivity (Wildman–Crippen MR) is 201 cm³/mol. The summed E-state index contributed by atoms with van der Waals surface area (Å²) in [6.45, 7) is 4.72. The fourth-order valence-corrected chi connectivity index (χ4v) is 8.10. The Morgan fingerprint density at radius 1 is 0.375 bits per heavy atom. The van der Waals surface area contributed by atoms with Gasteiger partial charge < -0.3 is 4.74 Å². The molecule has 0 radical (unpaired) electrons. The lowest BCUT2D eigenvalue weighted by Crippen LogP contribution is -2.15. The van der Waals surface area contributed by atoms with Crippen LogP contribution in [0.2, 0.25) is 0 Å². The molecule has 1 heterocycles. The summed E-state index contributed by atoms with van der Waals surface area (Å²) in [5, 5.41) is 4.96. The van der Waals surface area contributed by atoms with Gasteiger partial charge in [0, 0.05) is 21.9 Å². The van der Waals surface area contributed by atoms with E-state index in [0.717, 1.165) is 28.2 Å². The molecule has 1 nitrogen and oxygen atoms in total. The molecule has 0 amide bonds. The molecule has 8 aromatic carbocycles. The smallest absolute Gasteiger partial charge is 0.143 e.